The number of rotatable bonds is 2. The van der Waals surface area contributed by atoms with Crippen LogP contribution in [0.5, 0.6) is 0 Å². The predicted octanol–water partition coefficient (Wildman–Crippen LogP) is 2.26. The van der Waals surface area contributed by atoms with E-state index in [1.807, 2.05) is 20.8 Å². The summed E-state index contributed by atoms with van der Waals surface area (Å²) >= 11 is 0. The molecule has 1 N–H and O–H groups in total. The van der Waals surface area contributed by atoms with Gasteiger partial charge in [-0.1, -0.05) is 39.0 Å². The first kappa shape index (κ1) is 15.5. The first-order valence-electron chi connectivity index (χ1n) is 7.11. The molecule has 0 saturated carbocycles. The summed E-state index contributed by atoms with van der Waals surface area (Å²) in [4.78, 5) is 26.1. The molecule has 114 valence electrons. The van der Waals surface area contributed by atoms with Gasteiger partial charge in [0, 0.05) is 25.1 Å². The zero-order valence-corrected chi connectivity index (χ0v) is 12.6. The molecule has 21 heavy (non-hydrogen) atoms. The van der Waals surface area contributed by atoms with Gasteiger partial charge in [-0.2, -0.15) is 0 Å². The Bertz CT molecular complexity index is 551. The maximum Gasteiger partial charge on any atom is 0.247 e. The molecule has 0 spiro atoms. The van der Waals surface area contributed by atoms with Crippen LogP contribution >= 0.6 is 0 Å². The lowest BCUT2D eigenvalue weighted by molar-refractivity contribution is -0.145. The number of amides is 2. The third-order valence-electron chi connectivity index (χ3n) is 3.41. The molecule has 1 heterocycles. The molecule has 4 nitrogen and oxygen atoms in total. The summed E-state index contributed by atoms with van der Waals surface area (Å²) in [6, 6.07) is 5.23. The van der Waals surface area contributed by atoms with Crippen LogP contribution in [0.4, 0.5) is 4.39 Å². The van der Waals surface area contributed by atoms with Crippen LogP contribution in [-0.4, -0.2) is 29.8 Å². The molecule has 1 aliphatic rings. The van der Waals surface area contributed by atoms with E-state index in [-0.39, 0.29) is 22.8 Å². The molecule has 2 amide bonds. The molecule has 5 heteroatoms. The van der Waals surface area contributed by atoms with Gasteiger partial charge >= 0.3 is 0 Å². The summed E-state index contributed by atoms with van der Waals surface area (Å²) in [7, 11) is 0. The van der Waals surface area contributed by atoms with E-state index in [1.54, 1.807) is 18.2 Å². The van der Waals surface area contributed by atoms with Gasteiger partial charge in [-0.3, -0.25) is 9.59 Å². The Labute approximate surface area is 124 Å². The molecule has 1 atom stereocenters. The van der Waals surface area contributed by atoms with Crippen molar-refractivity contribution in [2.45, 2.75) is 33.2 Å². The summed E-state index contributed by atoms with van der Waals surface area (Å²) in [6.07, 6.45) is 0.325. The van der Waals surface area contributed by atoms with Crippen molar-refractivity contribution < 1.29 is 14.0 Å². The van der Waals surface area contributed by atoms with Crippen LogP contribution in [0.1, 0.15) is 38.8 Å². The lowest BCUT2D eigenvalue weighted by Crippen LogP contribution is -2.52. The summed E-state index contributed by atoms with van der Waals surface area (Å²) < 4.78 is 14.0. The van der Waals surface area contributed by atoms with Crippen molar-refractivity contribution in [3.63, 3.8) is 0 Å². The highest BCUT2D eigenvalue weighted by molar-refractivity contribution is 5.90. The van der Waals surface area contributed by atoms with Crippen molar-refractivity contribution in [3.8, 4) is 0 Å². The molecule has 0 aliphatic carbocycles. The Kier molecular flexibility index (Phi) is 4.30. The van der Waals surface area contributed by atoms with Gasteiger partial charge in [0.15, 0.2) is 0 Å². The third-order valence-corrected chi connectivity index (χ3v) is 3.41. The highest BCUT2D eigenvalue weighted by Crippen LogP contribution is 2.29. The van der Waals surface area contributed by atoms with Gasteiger partial charge in [-0.05, 0) is 11.5 Å². The minimum atomic E-state index is -0.880. The van der Waals surface area contributed by atoms with E-state index >= 15 is 0 Å². The zero-order chi connectivity index (χ0) is 15.6. The Morgan fingerprint density at radius 2 is 2.05 bits per heavy atom. The van der Waals surface area contributed by atoms with Crippen molar-refractivity contribution in [2.75, 3.05) is 13.1 Å². The molecule has 1 aromatic carbocycles. The highest BCUT2D eigenvalue weighted by Gasteiger charge is 2.36. The van der Waals surface area contributed by atoms with E-state index in [2.05, 4.69) is 5.32 Å². The van der Waals surface area contributed by atoms with Crippen LogP contribution in [-0.2, 0) is 9.59 Å². The number of hydrogen-bond donors (Lipinski definition) is 1. The van der Waals surface area contributed by atoms with Gasteiger partial charge < -0.3 is 10.2 Å². The van der Waals surface area contributed by atoms with Crippen LogP contribution in [0.3, 0.4) is 0 Å². The minimum absolute atomic E-state index is 0.120. The van der Waals surface area contributed by atoms with Gasteiger partial charge in [-0.15, -0.1) is 0 Å². The van der Waals surface area contributed by atoms with Gasteiger partial charge in [0.05, 0.1) is 0 Å². The number of nitrogens with one attached hydrogen (secondary N) is 1. The summed E-state index contributed by atoms with van der Waals surface area (Å²) in [5.41, 5.74) is 0.0714. The Balaban J connectivity index is 2.32. The molecular formula is C16H21FN2O2. The SMILES string of the molecule is CC(C)(C)CC(=O)N1CCNC(=O)C1c1ccccc1F. The molecule has 0 aromatic heterocycles. The second-order valence-electron chi connectivity index (χ2n) is 6.54. The van der Waals surface area contributed by atoms with Crippen molar-refractivity contribution in [2.24, 2.45) is 5.41 Å². The Morgan fingerprint density at radius 1 is 1.38 bits per heavy atom. The number of piperazine rings is 1. The number of carbonyl (C=O) groups excluding carboxylic acids is 2. The van der Waals surface area contributed by atoms with E-state index in [4.69, 9.17) is 0 Å². The van der Waals surface area contributed by atoms with Crippen LogP contribution in [0, 0.1) is 11.2 Å². The Hall–Kier alpha value is -1.91. The number of carbonyl (C=O) groups is 2. The van der Waals surface area contributed by atoms with Crippen LogP contribution in [0.15, 0.2) is 24.3 Å². The summed E-state index contributed by atoms with van der Waals surface area (Å²) in [5.74, 6) is -0.910. The van der Waals surface area contributed by atoms with Crippen molar-refractivity contribution in [1.82, 2.24) is 10.2 Å². The van der Waals surface area contributed by atoms with E-state index < -0.39 is 11.9 Å². The number of hydrogen-bond acceptors (Lipinski definition) is 2. The maximum atomic E-state index is 14.0. The lowest BCUT2D eigenvalue weighted by Gasteiger charge is -2.36. The fraction of sp³-hybridized carbons (Fsp3) is 0.500. The molecular weight excluding hydrogens is 271 g/mol. The minimum Gasteiger partial charge on any atom is -0.352 e. The normalized spacial score (nSPS) is 19.3. The lowest BCUT2D eigenvalue weighted by atomic mass is 9.90. The first-order chi connectivity index (χ1) is 9.79. The van der Waals surface area contributed by atoms with E-state index in [9.17, 15) is 14.0 Å². The van der Waals surface area contributed by atoms with Gasteiger partial charge in [0.25, 0.3) is 0 Å². The van der Waals surface area contributed by atoms with E-state index in [0.29, 0.717) is 19.5 Å². The van der Waals surface area contributed by atoms with Crippen molar-refractivity contribution in [1.29, 1.82) is 0 Å². The fourth-order valence-corrected chi connectivity index (χ4v) is 2.50. The largest absolute Gasteiger partial charge is 0.352 e. The fourth-order valence-electron chi connectivity index (χ4n) is 2.50. The topological polar surface area (TPSA) is 49.4 Å². The molecule has 1 saturated heterocycles. The quantitative estimate of drug-likeness (QED) is 0.909. The molecule has 0 bridgehead atoms. The molecule has 0 radical (unpaired) electrons. The summed E-state index contributed by atoms with van der Waals surface area (Å²) in [6.45, 7) is 6.70. The highest BCUT2D eigenvalue weighted by atomic mass is 19.1. The zero-order valence-electron chi connectivity index (χ0n) is 12.6. The second kappa shape index (κ2) is 5.84. The van der Waals surface area contributed by atoms with Gasteiger partial charge in [-0.25, -0.2) is 4.39 Å². The van der Waals surface area contributed by atoms with Gasteiger partial charge in [0.2, 0.25) is 11.8 Å². The molecule has 1 aromatic rings. The second-order valence-corrected chi connectivity index (χ2v) is 6.54. The average Bonchev–Trinajstić information content (AvgIpc) is 2.37. The molecule has 1 aliphatic heterocycles. The maximum absolute atomic E-state index is 14.0. The molecule has 2 rings (SSSR count). The van der Waals surface area contributed by atoms with Crippen molar-refractivity contribution in [3.05, 3.63) is 35.6 Å². The Morgan fingerprint density at radius 3 is 2.67 bits per heavy atom. The first-order valence-corrected chi connectivity index (χ1v) is 7.11. The average molecular weight is 292 g/mol. The van der Waals surface area contributed by atoms with Gasteiger partial charge in [0.1, 0.15) is 11.9 Å². The predicted molar refractivity (Wildman–Crippen MR) is 77.9 cm³/mol. The number of halogens is 1. The van der Waals surface area contributed by atoms with Crippen LogP contribution < -0.4 is 5.32 Å². The van der Waals surface area contributed by atoms with Crippen LogP contribution in [0.2, 0.25) is 0 Å². The third kappa shape index (κ3) is 3.60. The van der Waals surface area contributed by atoms with E-state index in [1.165, 1.54) is 11.0 Å². The number of benzene rings is 1. The number of nitrogens with zero attached hydrogens (tertiary/aromatic N) is 1. The van der Waals surface area contributed by atoms with E-state index in [0.717, 1.165) is 0 Å². The summed E-state index contributed by atoms with van der Waals surface area (Å²) in [5, 5.41) is 2.71. The smallest absolute Gasteiger partial charge is 0.247 e. The molecule has 1 fully saturated rings. The monoisotopic (exact) mass is 292 g/mol. The van der Waals surface area contributed by atoms with Crippen molar-refractivity contribution >= 4 is 11.8 Å². The molecule has 1 unspecified atom stereocenters. The van der Waals surface area contributed by atoms with Crippen LogP contribution in [0.25, 0.3) is 0 Å². The standard InChI is InChI=1S/C16H21FN2O2/c1-16(2,3)10-13(20)19-9-8-18-15(21)14(19)11-6-4-5-7-12(11)17/h4-7,14H,8-10H2,1-3H3,(H,18,21).